The van der Waals surface area contributed by atoms with E-state index in [0.717, 1.165) is 89.9 Å². The molecule has 0 heterocycles. The average molecular weight is 1150 g/mol. The minimum absolute atomic E-state index is 0.0662. The molecule has 0 saturated heterocycles. The zero-order chi connectivity index (χ0) is 59.2. The fourth-order valence-electron chi connectivity index (χ4n) is 10.9. The van der Waals surface area contributed by atoms with Crippen LogP contribution in [0.5, 0.6) is 0 Å². The largest absolute Gasteiger partial charge is 0.462 e. The SMILES string of the molecule is CC/C=C\C/C=C\C/C=C\C/C=C\C/C=C\CCCCCCCCCCCCCCCCCCCC(=O)OCC(COC(=O)CCCCCCCCCCCC)OC(=O)CCCCCCCCCCCCCCCCCCCCCCC. The lowest BCUT2D eigenvalue weighted by atomic mass is 10.0. The molecule has 0 spiro atoms. The number of rotatable bonds is 67. The standard InChI is InChI=1S/C76H138O6/c1-4-7-10-13-16-19-22-24-26-28-30-32-33-34-35-36-37-38-39-40-41-42-43-45-46-48-50-52-54-57-60-63-66-69-75(78)81-72-73(71-80-74(77)68-65-62-59-56-21-18-15-12-9-6-3)82-76(79)70-67-64-61-58-55-53-51-49-47-44-31-29-27-25-23-20-17-14-11-8-5-2/h7,10,16,19,24,26,30,32,34-35,73H,4-6,8-9,11-15,17-18,20-23,25,27-29,31,33,36-72H2,1-3H3/b10-7-,19-16-,26-24-,32-30-,35-34-. The Kier molecular flexibility index (Phi) is 68.1. The minimum atomic E-state index is -0.769. The number of carbonyl (C=O) groups excluding carboxylic acids is 3. The maximum absolute atomic E-state index is 12.9. The van der Waals surface area contributed by atoms with Gasteiger partial charge in [0.05, 0.1) is 0 Å². The number of ether oxygens (including phenoxy) is 3. The highest BCUT2D eigenvalue weighted by atomic mass is 16.6. The number of esters is 3. The molecule has 0 rings (SSSR count). The Bertz CT molecular complexity index is 1460. The van der Waals surface area contributed by atoms with Crippen molar-refractivity contribution < 1.29 is 28.6 Å². The highest BCUT2D eigenvalue weighted by molar-refractivity contribution is 5.71. The highest BCUT2D eigenvalue weighted by Crippen LogP contribution is 2.19. The summed E-state index contributed by atoms with van der Waals surface area (Å²) in [4.78, 5) is 38.3. The smallest absolute Gasteiger partial charge is 0.306 e. The molecule has 0 bridgehead atoms. The molecule has 0 aliphatic heterocycles. The molecule has 0 aliphatic carbocycles. The first-order chi connectivity index (χ1) is 40.5. The fourth-order valence-corrected chi connectivity index (χ4v) is 10.9. The van der Waals surface area contributed by atoms with Crippen LogP contribution in [0.3, 0.4) is 0 Å². The summed E-state index contributed by atoms with van der Waals surface area (Å²) in [5.74, 6) is -0.839. The Hall–Kier alpha value is -2.89. The number of carbonyl (C=O) groups is 3. The molecule has 6 heteroatoms. The van der Waals surface area contributed by atoms with Gasteiger partial charge in [0, 0.05) is 19.3 Å². The van der Waals surface area contributed by atoms with Crippen LogP contribution in [-0.2, 0) is 28.6 Å². The fraction of sp³-hybridized carbons (Fsp3) is 0.829. The molecular weight excluding hydrogens is 1010 g/mol. The molecule has 0 aliphatic rings. The predicted molar refractivity (Wildman–Crippen MR) is 358 cm³/mol. The molecule has 0 fully saturated rings. The van der Waals surface area contributed by atoms with Crippen LogP contribution >= 0.6 is 0 Å². The molecule has 1 atom stereocenters. The van der Waals surface area contributed by atoms with Crippen LogP contribution in [0.1, 0.15) is 387 Å². The van der Waals surface area contributed by atoms with Crippen molar-refractivity contribution in [2.75, 3.05) is 13.2 Å². The maximum atomic E-state index is 12.9. The molecular formula is C76H138O6. The Labute approximate surface area is 510 Å². The maximum Gasteiger partial charge on any atom is 0.306 e. The van der Waals surface area contributed by atoms with Gasteiger partial charge in [0.1, 0.15) is 13.2 Å². The molecule has 0 amide bonds. The summed E-state index contributed by atoms with van der Waals surface area (Å²) in [5.41, 5.74) is 0. The van der Waals surface area contributed by atoms with Gasteiger partial charge in [-0.3, -0.25) is 14.4 Å². The number of hydrogen-bond donors (Lipinski definition) is 0. The zero-order valence-electron chi connectivity index (χ0n) is 55.0. The zero-order valence-corrected chi connectivity index (χ0v) is 55.0. The lowest BCUT2D eigenvalue weighted by molar-refractivity contribution is -0.167. The molecule has 0 aromatic carbocycles. The van der Waals surface area contributed by atoms with Crippen molar-refractivity contribution >= 4 is 17.9 Å². The van der Waals surface area contributed by atoms with E-state index in [0.29, 0.717) is 19.3 Å². The number of unbranched alkanes of at least 4 members (excludes halogenated alkanes) is 46. The van der Waals surface area contributed by atoms with Gasteiger partial charge in [-0.25, -0.2) is 0 Å². The van der Waals surface area contributed by atoms with Gasteiger partial charge in [-0.2, -0.15) is 0 Å². The number of hydrogen-bond acceptors (Lipinski definition) is 6. The van der Waals surface area contributed by atoms with Gasteiger partial charge in [0.25, 0.3) is 0 Å². The Morgan fingerprint density at radius 3 is 0.744 bits per heavy atom. The third-order valence-electron chi connectivity index (χ3n) is 16.3. The monoisotopic (exact) mass is 1150 g/mol. The van der Waals surface area contributed by atoms with E-state index in [2.05, 4.69) is 81.5 Å². The van der Waals surface area contributed by atoms with Crippen molar-refractivity contribution in [2.24, 2.45) is 0 Å². The second-order valence-electron chi connectivity index (χ2n) is 24.5. The molecule has 6 nitrogen and oxygen atoms in total. The lowest BCUT2D eigenvalue weighted by Gasteiger charge is -2.18. The van der Waals surface area contributed by atoms with Crippen molar-refractivity contribution in [3.05, 3.63) is 60.8 Å². The molecule has 478 valence electrons. The molecule has 82 heavy (non-hydrogen) atoms. The van der Waals surface area contributed by atoms with E-state index in [4.69, 9.17) is 14.2 Å². The van der Waals surface area contributed by atoms with Crippen molar-refractivity contribution in [1.29, 1.82) is 0 Å². The van der Waals surface area contributed by atoms with E-state index in [1.54, 1.807) is 0 Å². The van der Waals surface area contributed by atoms with Gasteiger partial charge in [-0.05, 0) is 64.2 Å². The summed E-state index contributed by atoms with van der Waals surface area (Å²) < 4.78 is 17.0. The average Bonchev–Trinajstić information content (AvgIpc) is 3.48. The Balaban J connectivity index is 4.09. The van der Waals surface area contributed by atoms with E-state index in [-0.39, 0.29) is 31.1 Å². The van der Waals surface area contributed by atoms with Gasteiger partial charge in [0.2, 0.25) is 0 Å². The van der Waals surface area contributed by atoms with Gasteiger partial charge in [0.15, 0.2) is 6.10 Å². The third-order valence-corrected chi connectivity index (χ3v) is 16.3. The first-order valence-electron chi connectivity index (χ1n) is 36.3. The van der Waals surface area contributed by atoms with Crippen LogP contribution in [0.2, 0.25) is 0 Å². The van der Waals surface area contributed by atoms with Gasteiger partial charge < -0.3 is 14.2 Å². The van der Waals surface area contributed by atoms with Crippen molar-refractivity contribution in [3.63, 3.8) is 0 Å². The van der Waals surface area contributed by atoms with Crippen LogP contribution < -0.4 is 0 Å². The molecule has 0 aromatic heterocycles. The minimum Gasteiger partial charge on any atom is -0.462 e. The van der Waals surface area contributed by atoms with E-state index < -0.39 is 6.10 Å². The van der Waals surface area contributed by atoms with Crippen LogP contribution in [0.25, 0.3) is 0 Å². The normalized spacial score (nSPS) is 12.4. The van der Waals surface area contributed by atoms with Crippen molar-refractivity contribution in [1.82, 2.24) is 0 Å². The summed E-state index contributed by atoms with van der Waals surface area (Å²) in [6.07, 6.45) is 91.3. The van der Waals surface area contributed by atoms with E-state index in [9.17, 15) is 14.4 Å². The number of allylic oxidation sites excluding steroid dienone is 10. The molecule has 0 N–H and O–H groups in total. The lowest BCUT2D eigenvalue weighted by Crippen LogP contribution is -2.30. The van der Waals surface area contributed by atoms with E-state index in [1.807, 2.05) is 0 Å². The summed E-state index contributed by atoms with van der Waals surface area (Å²) >= 11 is 0. The van der Waals surface area contributed by atoms with Crippen LogP contribution in [0.4, 0.5) is 0 Å². The van der Waals surface area contributed by atoms with Crippen LogP contribution in [0.15, 0.2) is 60.8 Å². The molecule has 0 aromatic rings. The predicted octanol–water partition coefficient (Wildman–Crippen LogP) is 25.1. The molecule has 0 radical (unpaired) electrons. The first kappa shape index (κ1) is 79.1. The van der Waals surface area contributed by atoms with Crippen LogP contribution in [0, 0.1) is 0 Å². The van der Waals surface area contributed by atoms with Gasteiger partial charge in [-0.15, -0.1) is 0 Å². The second-order valence-corrected chi connectivity index (χ2v) is 24.5. The molecule has 0 saturated carbocycles. The van der Waals surface area contributed by atoms with Crippen molar-refractivity contribution in [3.8, 4) is 0 Å². The Morgan fingerprint density at radius 1 is 0.256 bits per heavy atom. The topological polar surface area (TPSA) is 78.9 Å². The van der Waals surface area contributed by atoms with E-state index >= 15 is 0 Å². The third kappa shape index (κ3) is 67.9. The summed E-state index contributed by atoms with van der Waals surface area (Å²) in [7, 11) is 0. The Morgan fingerprint density at radius 2 is 0.476 bits per heavy atom. The van der Waals surface area contributed by atoms with Gasteiger partial charge in [-0.1, -0.05) is 364 Å². The van der Waals surface area contributed by atoms with Crippen LogP contribution in [-0.4, -0.2) is 37.2 Å². The van der Waals surface area contributed by atoms with Gasteiger partial charge >= 0.3 is 17.9 Å². The molecule has 1 unspecified atom stereocenters. The summed E-state index contributed by atoms with van der Waals surface area (Å²) in [6, 6.07) is 0. The van der Waals surface area contributed by atoms with Crippen molar-refractivity contribution in [2.45, 2.75) is 393 Å². The highest BCUT2D eigenvalue weighted by Gasteiger charge is 2.19. The first-order valence-corrected chi connectivity index (χ1v) is 36.3. The second kappa shape index (κ2) is 70.6. The summed E-state index contributed by atoms with van der Waals surface area (Å²) in [5, 5.41) is 0. The van der Waals surface area contributed by atoms with E-state index in [1.165, 1.54) is 257 Å². The summed E-state index contributed by atoms with van der Waals surface area (Å²) in [6.45, 7) is 6.58. The quantitative estimate of drug-likeness (QED) is 0.0261.